The van der Waals surface area contributed by atoms with Gasteiger partial charge in [0.2, 0.25) is 5.91 Å². The zero-order chi connectivity index (χ0) is 25.5. The highest BCUT2D eigenvalue weighted by Crippen LogP contribution is 2.29. The van der Waals surface area contributed by atoms with E-state index in [9.17, 15) is 18.4 Å². The fraction of sp³-hybridized carbons (Fsp3) is 0.481. The van der Waals surface area contributed by atoms with E-state index < -0.39 is 17.7 Å². The Morgan fingerprint density at radius 2 is 1.41 bits per heavy atom. The van der Waals surface area contributed by atoms with E-state index in [0.717, 1.165) is 11.1 Å². The van der Waals surface area contributed by atoms with Crippen molar-refractivity contribution in [2.45, 2.75) is 65.0 Å². The number of nitrogens with zero attached hydrogens (tertiary/aromatic N) is 1. The molecule has 7 heteroatoms. The van der Waals surface area contributed by atoms with Crippen LogP contribution in [0.5, 0.6) is 0 Å². The third-order valence-corrected chi connectivity index (χ3v) is 5.51. The molecular formula is C27H36F2N2O3. The lowest BCUT2D eigenvalue weighted by Crippen LogP contribution is -2.51. The summed E-state index contributed by atoms with van der Waals surface area (Å²) < 4.78 is 32.2. The van der Waals surface area contributed by atoms with Gasteiger partial charge in [0.25, 0.3) is 0 Å². The number of ether oxygens (including phenoxy) is 1. The van der Waals surface area contributed by atoms with Crippen molar-refractivity contribution < 1.29 is 23.1 Å². The second kappa shape index (κ2) is 12.0. The third-order valence-electron chi connectivity index (χ3n) is 5.51. The maximum Gasteiger partial charge on any atom is 0.410 e. The summed E-state index contributed by atoms with van der Waals surface area (Å²) >= 11 is 0. The fourth-order valence-electron chi connectivity index (χ4n) is 3.91. The maximum atomic E-state index is 13.4. The van der Waals surface area contributed by atoms with Crippen LogP contribution in [0.25, 0.3) is 0 Å². The highest BCUT2D eigenvalue weighted by Gasteiger charge is 2.32. The maximum absolute atomic E-state index is 13.4. The number of hydrogen-bond acceptors (Lipinski definition) is 3. The van der Waals surface area contributed by atoms with Gasteiger partial charge in [-0.25, -0.2) is 13.6 Å². The average Bonchev–Trinajstić information content (AvgIpc) is 2.74. The second-order valence-electron chi connectivity index (χ2n) is 9.87. The van der Waals surface area contributed by atoms with Gasteiger partial charge in [0, 0.05) is 19.5 Å². The van der Waals surface area contributed by atoms with Gasteiger partial charge in [-0.05, 0) is 74.9 Å². The van der Waals surface area contributed by atoms with E-state index >= 15 is 0 Å². The molecule has 0 spiro atoms. The van der Waals surface area contributed by atoms with Crippen LogP contribution in [0.15, 0.2) is 48.5 Å². The first-order valence-corrected chi connectivity index (χ1v) is 11.6. The number of rotatable bonds is 9. The van der Waals surface area contributed by atoms with Gasteiger partial charge in [0.15, 0.2) is 0 Å². The van der Waals surface area contributed by atoms with Gasteiger partial charge in [-0.1, -0.05) is 38.1 Å². The molecule has 0 radical (unpaired) electrons. The molecule has 1 N–H and O–H groups in total. The molecule has 0 saturated carbocycles. The van der Waals surface area contributed by atoms with Gasteiger partial charge < -0.3 is 10.1 Å². The Kier molecular flexibility index (Phi) is 9.59. The van der Waals surface area contributed by atoms with E-state index in [2.05, 4.69) is 5.32 Å². The Bertz CT molecular complexity index is 892. The first-order valence-electron chi connectivity index (χ1n) is 11.6. The Morgan fingerprint density at radius 1 is 0.941 bits per heavy atom. The molecule has 34 heavy (non-hydrogen) atoms. The van der Waals surface area contributed by atoms with Crippen molar-refractivity contribution in [2.24, 2.45) is 5.92 Å². The number of hydrogen-bond donors (Lipinski definition) is 1. The summed E-state index contributed by atoms with van der Waals surface area (Å²) in [7, 11) is 1.57. The predicted molar refractivity (Wildman–Crippen MR) is 130 cm³/mol. The minimum absolute atomic E-state index is 0.0663. The van der Waals surface area contributed by atoms with Crippen LogP contribution in [-0.2, 0) is 9.53 Å². The molecule has 5 nitrogen and oxygen atoms in total. The monoisotopic (exact) mass is 474 g/mol. The van der Waals surface area contributed by atoms with Crippen molar-refractivity contribution in [2.75, 3.05) is 13.6 Å². The molecular weight excluding hydrogens is 438 g/mol. The Labute approximate surface area is 201 Å². The fourth-order valence-corrected chi connectivity index (χ4v) is 3.91. The summed E-state index contributed by atoms with van der Waals surface area (Å²) in [5.41, 5.74) is 1.19. The van der Waals surface area contributed by atoms with E-state index in [-0.39, 0.29) is 29.4 Å². The summed E-state index contributed by atoms with van der Waals surface area (Å²) in [4.78, 5) is 26.7. The van der Waals surface area contributed by atoms with Gasteiger partial charge in [-0.15, -0.1) is 0 Å². The minimum atomic E-state index is -0.667. The molecule has 1 atom stereocenters. The Morgan fingerprint density at radius 3 is 1.82 bits per heavy atom. The minimum Gasteiger partial charge on any atom is -0.444 e. The van der Waals surface area contributed by atoms with Crippen molar-refractivity contribution in [1.82, 2.24) is 10.2 Å². The van der Waals surface area contributed by atoms with Crippen molar-refractivity contribution >= 4 is 12.0 Å². The van der Waals surface area contributed by atoms with Crippen LogP contribution in [0.2, 0.25) is 0 Å². The number of benzene rings is 2. The van der Waals surface area contributed by atoms with Crippen LogP contribution in [0.3, 0.4) is 0 Å². The van der Waals surface area contributed by atoms with Crippen LogP contribution in [0.4, 0.5) is 13.6 Å². The normalized spacial score (nSPS) is 12.5. The summed E-state index contributed by atoms with van der Waals surface area (Å²) in [6, 6.07) is 11.9. The molecule has 0 unspecified atom stereocenters. The number of amides is 2. The van der Waals surface area contributed by atoms with Crippen LogP contribution in [0.1, 0.15) is 64.5 Å². The Balaban J connectivity index is 2.02. The van der Waals surface area contributed by atoms with E-state index in [1.165, 1.54) is 29.2 Å². The zero-order valence-corrected chi connectivity index (χ0v) is 20.9. The summed E-state index contributed by atoms with van der Waals surface area (Å²) in [5, 5.41) is 2.93. The van der Waals surface area contributed by atoms with Crippen molar-refractivity contribution in [3.8, 4) is 0 Å². The topological polar surface area (TPSA) is 58.6 Å². The van der Waals surface area contributed by atoms with E-state index in [4.69, 9.17) is 4.74 Å². The summed E-state index contributed by atoms with van der Waals surface area (Å²) in [5.74, 6) is -1.05. The summed E-state index contributed by atoms with van der Waals surface area (Å²) in [6.45, 7) is 9.50. The van der Waals surface area contributed by atoms with Crippen LogP contribution < -0.4 is 5.32 Å². The lowest BCUT2D eigenvalue weighted by Gasteiger charge is -2.32. The quantitative estimate of drug-likeness (QED) is 0.462. The van der Waals surface area contributed by atoms with Crippen molar-refractivity contribution in [1.29, 1.82) is 0 Å². The van der Waals surface area contributed by atoms with Gasteiger partial charge in [0.1, 0.15) is 23.3 Å². The molecule has 0 fully saturated rings. The summed E-state index contributed by atoms with van der Waals surface area (Å²) in [6.07, 6.45) is 0.770. The molecule has 0 aliphatic heterocycles. The van der Waals surface area contributed by atoms with E-state index in [0.29, 0.717) is 19.4 Å². The zero-order valence-electron chi connectivity index (χ0n) is 20.9. The van der Waals surface area contributed by atoms with Gasteiger partial charge in [-0.3, -0.25) is 9.69 Å². The number of carbonyl (C=O) groups excluding carboxylic acids is 2. The van der Waals surface area contributed by atoms with Gasteiger partial charge in [0.05, 0.1) is 0 Å². The number of carbonyl (C=O) groups is 2. The van der Waals surface area contributed by atoms with Crippen molar-refractivity contribution in [3.05, 3.63) is 71.3 Å². The molecule has 0 bridgehead atoms. The molecule has 0 heterocycles. The largest absolute Gasteiger partial charge is 0.444 e. The van der Waals surface area contributed by atoms with E-state index in [1.54, 1.807) is 52.1 Å². The Hall–Kier alpha value is -2.96. The van der Waals surface area contributed by atoms with Gasteiger partial charge in [-0.2, -0.15) is 0 Å². The van der Waals surface area contributed by atoms with Crippen LogP contribution in [0, 0.1) is 17.6 Å². The molecule has 2 aromatic carbocycles. The van der Waals surface area contributed by atoms with Crippen LogP contribution >= 0.6 is 0 Å². The molecule has 2 rings (SSSR count). The molecule has 186 valence electrons. The lowest BCUT2D eigenvalue weighted by atomic mass is 9.87. The highest BCUT2D eigenvalue weighted by atomic mass is 19.1. The SMILES string of the molecule is CC(C)[C@@H](C(=O)NCCCC(c1ccc(F)cc1)c1ccc(F)cc1)N(C)C(=O)OC(C)(C)C. The molecule has 0 aliphatic carbocycles. The molecule has 0 aliphatic rings. The second-order valence-corrected chi connectivity index (χ2v) is 9.87. The molecule has 2 aromatic rings. The number of likely N-dealkylation sites (N-methyl/N-ethyl adjacent to an activating group) is 1. The number of halogens is 2. The lowest BCUT2D eigenvalue weighted by molar-refractivity contribution is -0.127. The smallest absolute Gasteiger partial charge is 0.410 e. The predicted octanol–water partition coefficient (Wildman–Crippen LogP) is 5.88. The van der Waals surface area contributed by atoms with E-state index in [1.807, 2.05) is 13.8 Å². The van der Waals surface area contributed by atoms with Crippen molar-refractivity contribution in [3.63, 3.8) is 0 Å². The average molecular weight is 475 g/mol. The first-order chi connectivity index (χ1) is 15.9. The molecule has 2 amide bonds. The highest BCUT2D eigenvalue weighted by molar-refractivity contribution is 5.85. The van der Waals surface area contributed by atoms with Crippen LogP contribution in [-0.4, -0.2) is 42.1 Å². The standard InChI is InChI=1S/C27H36F2N2O3/c1-18(2)24(31(6)26(33)34-27(3,4)5)25(32)30-17-7-8-23(19-9-13-21(28)14-10-19)20-11-15-22(29)16-12-20/h9-16,18,23-24H,7-8,17H2,1-6H3,(H,30,32)/t24-/m0/s1. The molecule has 0 aromatic heterocycles. The first kappa shape index (κ1) is 27.3. The van der Waals surface area contributed by atoms with Gasteiger partial charge >= 0.3 is 6.09 Å². The number of nitrogens with one attached hydrogen (secondary N) is 1. The third kappa shape index (κ3) is 8.12. The molecule has 0 saturated heterocycles.